The lowest BCUT2D eigenvalue weighted by atomic mass is 9.99. The maximum Gasteiger partial charge on any atom is 0.231 e. The highest BCUT2D eigenvalue weighted by atomic mass is 16.2. The summed E-state index contributed by atoms with van der Waals surface area (Å²) in [6.45, 7) is 6.35. The average Bonchev–Trinajstić information content (AvgIpc) is 3.14. The number of carbonyl (C=O) groups is 1. The van der Waals surface area contributed by atoms with Gasteiger partial charge in [-0.25, -0.2) is 15.0 Å². The summed E-state index contributed by atoms with van der Waals surface area (Å²) < 4.78 is 2.19. The molecule has 144 valence electrons. The molecule has 2 aliphatic heterocycles. The monoisotopic (exact) mass is 376 g/mol. The van der Waals surface area contributed by atoms with E-state index >= 15 is 0 Å². The molecule has 7 heteroatoms. The molecule has 2 fully saturated rings. The Labute approximate surface area is 164 Å². The zero-order chi connectivity index (χ0) is 19.4. The van der Waals surface area contributed by atoms with E-state index in [-0.39, 0.29) is 11.8 Å². The molecule has 0 radical (unpaired) electrons. The molecule has 0 aliphatic carbocycles. The maximum atomic E-state index is 12.4. The highest BCUT2D eigenvalue weighted by Gasteiger charge is 2.34. The molecule has 1 amide bonds. The van der Waals surface area contributed by atoms with Gasteiger partial charge in [-0.05, 0) is 25.5 Å². The molecule has 0 N–H and O–H groups in total. The number of nitrogens with zero attached hydrogens (tertiary/aromatic N) is 6. The molecule has 4 heterocycles. The van der Waals surface area contributed by atoms with E-state index in [4.69, 9.17) is 4.98 Å². The van der Waals surface area contributed by atoms with Gasteiger partial charge in [0.1, 0.15) is 23.3 Å². The van der Waals surface area contributed by atoms with Crippen molar-refractivity contribution in [2.45, 2.75) is 26.2 Å². The molecule has 1 aromatic carbocycles. The van der Waals surface area contributed by atoms with Crippen LogP contribution in [0.2, 0.25) is 0 Å². The second-order valence-electron chi connectivity index (χ2n) is 7.93. The van der Waals surface area contributed by atoms with E-state index in [1.165, 1.54) is 0 Å². The molecule has 2 aromatic heterocycles. The fourth-order valence-corrected chi connectivity index (χ4v) is 4.24. The first-order valence-electron chi connectivity index (χ1n) is 9.84. The zero-order valence-corrected chi connectivity index (χ0v) is 16.5. The van der Waals surface area contributed by atoms with Crippen molar-refractivity contribution in [2.24, 2.45) is 13.0 Å². The first-order valence-corrected chi connectivity index (χ1v) is 9.84. The fourth-order valence-electron chi connectivity index (χ4n) is 4.24. The molecule has 2 saturated heterocycles. The number of carbonyl (C=O) groups excluding carboxylic acids is 1. The average molecular weight is 376 g/mol. The molecule has 28 heavy (non-hydrogen) atoms. The number of amides is 1. The van der Waals surface area contributed by atoms with Crippen molar-refractivity contribution < 1.29 is 4.79 Å². The summed E-state index contributed by atoms with van der Waals surface area (Å²) in [5.74, 6) is 4.05. The van der Waals surface area contributed by atoms with E-state index in [1.54, 1.807) is 4.90 Å². The van der Waals surface area contributed by atoms with Gasteiger partial charge in [-0.3, -0.25) is 9.69 Å². The third kappa shape index (κ3) is 2.65. The van der Waals surface area contributed by atoms with Crippen molar-refractivity contribution in [2.75, 3.05) is 29.4 Å². The number of rotatable bonds is 3. The van der Waals surface area contributed by atoms with E-state index in [0.717, 1.165) is 54.5 Å². The van der Waals surface area contributed by atoms with E-state index in [9.17, 15) is 4.79 Å². The van der Waals surface area contributed by atoms with E-state index in [0.29, 0.717) is 11.7 Å². The first kappa shape index (κ1) is 17.2. The third-order valence-electron chi connectivity index (χ3n) is 5.95. The molecule has 3 aromatic rings. The van der Waals surface area contributed by atoms with E-state index in [2.05, 4.69) is 38.6 Å². The zero-order valence-electron chi connectivity index (χ0n) is 16.5. The minimum Gasteiger partial charge on any atom is -0.355 e. The Balaban J connectivity index is 1.37. The van der Waals surface area contributed by atoms with Crippen LogP contribution in [0.1, 0.15) is 30.9 Å². The number of para-hydroxylation sites is 2. The van der Waals surface area contributed by atoms with Crippen molar-refractivity contribution in [1.82, 2.24) is 19.5 Å². The number of imidazole rings is 1. The van der Waals surface area contributed by atoms with Gasteiger partial charge in [-0.15, -0.1) is 0 Å². The molecule has 0 saturated carbocycles. The number of anilines is 2. The molecular weight excluding hydrogens is 352 g/mol. The molecule has 5 rings (SSSR count). The van der Waals surface area contributed by atoms with Crippen LogP contribution in [0.25, 0.3) is 11.0 Å². The molecular formula is C21H24N6O. The fraction of sp³-hybridized carbons (Fsp3) is 0.429. The van der Waals surface area contributed by atoms with Gasteiger partial charge in [0.05, 0.1) is 17.0 Å². The minimum absolute atomic E-state index is 0.0738. The standard InChI is InChI=1S/C21H24N6O/c1-13-8-9-27(21(13)28)19-10-18(22-14(2)23-19)26-11-15(12-26)20-24-16-6-4-5-7-17(16)25(20)3/h4-7,10,13,15H,8-9,11-12H2,1-3H3. The minimum atomic E-state index is 0.0738. The maximum absolute atomic E-state index is 12.4. The van der Waals surface area contributed by atoms with Gasteiger partial charge in [-0.1, -0.05) is 19.1 Å². The Kier molecular flexibility index (Phi) is 3.86. The van der Waals surface area contributed by atoms with Gasteiger partial charge in [-0.2, -0.15) is 0 Å². The molecule has 7 nitrogen and oxygen atoms in total. The summed E-state index contributed by atoms with van der Waals surface area (Å²) in [5.41, 5.74) is 2.21. The summed E-state index contributed by atoms with van der Waals surface area (Å²) in [4.78, 5) is 30.4. The number of fused-ring (bicyclic) bond motifs is 1. The van der Waals surface area contributed by atoms with Crippen LogP contribution in [0.5, 0.6) is 0 Å². The number of aryl methyl sites for hydroxylation is 2. The predicted octanol–water partition coefficient (Wildman–Crippen LogP) is 2.65. The smallest absolute Gasteiger partial charge is 0.231 e. The van der Waals surface area contributed by atoms with Crippen LogP contribution >= 0.6 is 0 Å². The van der Waals surface area contributed by atoms with Crippen LogP contribution in [-0.2, 0) is 11.8 Å². The Morgan fingerprint density at radius 3 is 2.54 bits per heavy atom. The van der Waals surface area contributed by atoms with Gasteiger partial charge in [0.25, 0.3) is 0 Å². The first-order chi connectivity index (χ1) is 13.5. The lowest BCUT2D eigenvalue weighted by Crippen LogP contribution is -2.46. The molecule has 1 unspecified atom stereocenters. The van der Waals surface area contributed by atoms with Crippen LogP contribution < -0.4 is 9.80 Å². The largest absolute Gasteiger partial charge is 0.355 e. The Bertz CT molecular complexity index is 1070. The van der Waals surface area contributed by atoms with Crippen molar-refractivity contribution in [3.8, 4) is 0 Å². The molecule has 2 aliphatic rings. The van der Waals surface area contributed by atoms with Crippen molar-refractivity contribution >= 4 is 28.6 Å². The number of hydrogen-bond acceptors (Lipinski definition) is 5. The molecule has 0 bridgehead atoms. The summed E-state index contributed by atoms with van der Waals surface area (Å²) in [6.07, 6.45) is 0.885. The highest BCUT2D eigenvalue weighted by Crippen LogP contribution is 2.33. The van der Waals surface area contributed by atoms with Crippen LogP contribution in [0.15, 0.2) is 30.3 Å². The Hall–Kier alpha value is -2.96. The van der Waals surface area contributed by atoms with Crippen LogP contribution in [0, 0.1) is 12.8 Å². The predicted molar refractivity (Wildman–Crippen MR) is 109 cm³/mol. The van der Waals surface area contributed by atoms with Crippen molar-refractivity contribution in [1.29, 1.82) is 0 Å². The number of hydrogen-bond donors (Lipinski definition) is 0. The number of aromatic nitrogens is 4. The topological polar surface area (TPSA) is 67.2 Å². The second kappa shape index (κ2) is 6.29. The summed E-state index contributed by atoms with van der Waals surface area (Å²) in [5, 5.41) is 0. The van der Waals surface area contributed by atoms with Crippen LogP contribution in [-0.4, -0.2) is 45.1 Å². The van der Waals surface area contributed by atoms with Gasteiger partial charge in [0, 0.05) is 38.7 Å². The Morgan fingerprint density at radius 1 is 1.07 bits per heavy atom. The quantitative estimate of drug-likeness (QED) is 0.703. The summed E-state index contributed by atoms with van der Waals surface area (Å²) in [7, 11) is 2.08. The van der Waals surface area contributed by atoms with Gasteiger partial charge < -0.3 is 9.47 Å². The van der Waals surface area contributed by atoms with Crippen LogP contribution in [0.4, 0.5) is 11.6 Å². The summed E-state index contributed by atoms with van der Waals surface area (Å²) >= 11 is 0. The molecule has 0 spiro atoms. The Morgan fingerprint density at radius 2 is 1.82 bits per heavy atom. The van der Waals surface area contributed by atoms with Gasteiger partial charge >= 0.3 is 0 Å². The van der Waals surface area contributed by atoms with Crippen molar-refractivity contribution in [3.05, 3.63) is 42.0 Å². The molecule has 1 atom stereocenters. The SMILES string of the molecule is Cc1nc(N2CC(c3nc4ccccc4n3C)C2)cc(N2CCC(C)C2=O)n1. The van der Waals surface area contributed by atoms with Crippen LogP contribution in [0.3, 0.4) is 0 Å². The highest BCUT2D eigenvalue weighted by molar-refractivity contribution is 5.96. The van der Waals surface area contributed by atoms with E-state index in [1.807, 2.05) is 32.0 Å². The summed E-state index contributed by atoms with van der Waals surface area (Å²) in [6, 6.07) is 10.2. The lowest BCUT2D eigenvalue weighted by molar-refractivity contribution is -0.119. The number of benzene rings is 1. The van der Waals surface area contributed by atoms with Gasteiger partial charge in [0.2, 0.25) is 5.91 Å². The van der Waals surface area contributed by atoms with Crippen molar-refractivity contribution in [3.63, 3.8) is 0 Å². The van der Waals surface area contributed by atoms with Gasteiger partial charge in [0.15, 0.2) is 0 Å². The van der Waals surface area contributed by atoms with E-state index < -0.39 is 0 Å². The normalized spacial score (nSPS) is 20.2. The second-order valence-corrected chi connectivity index (χ2v) is 7.93. The third-order valence-corrected chi connectivity index (χ3v) is 5.95. The lowest BCUT2D eigenvalue weighted by Gasteiger charge is -2.40.